The molecule has 3 heterocycles. The van der Waals surface area contributed by atoms with Crippen LogP contribution in [-0.4, -0.2) is 123 Å². The minimum atomic E-state index is -1.97. The summed E-state index contributed by atoms with van der Waals surface area (Å²) in [6.45, 7) is 2.15. The lowest BCUT2D eigenvalue weighted by molar-refractivity contribution is -0.161. The first-order valence-electron chi connectivity index (χ1n) is 14.0. The summed E-state index contributed by atoms with van der Waals surface area (Å²) in [5.41, 5.74) is 9.69. The molecule has 50 heavy (non-hydrogen) atoms. The number of nitrogens with two attached hydrogens (primary N) is 2. The van der Waals surface area contributed by atoms with Gasteiger partial charge in [0.2, 0.25) is 11.5 Å². The first-order chi connectivity index (χ1) is 23.4. The van der Waals surface area contributed by atoms with Crippen LogP contribution in [0, 0.1) is 0 Å². The van der Waals surface area contributed by atoms with Gasteiger partial charge in [-0.25, -0.2) is 20.0 Å². The lowest BCUT2D eigenvalue weighted by Crippen LogP contribution is -2.68. The quantitative estimate of drug-likeness (QED) is 0.0266. The highest BCUT2D eigenvalue weighted by molar-refractivity contribution is 8.18. The van der Waals surface area contributed by atoms with Gasteiger partial charge in [-0.2, -0.15) is 5.10 Å². The van der Waals surface area contributed by atoms with Crippen LogP contribution in [0.4, 0.5) is 9.93 Å². The molecule has 270 valence electrons. The number of nitrogen functional groups attached to an aromatic ring is 1. The van der Waals surface area contributed by atoms with E-state index < -0.39 is 85.1 Å². The highest BCUT2D eigenvalue weighted by Crippen LogP contribution is 2.53. The number of carbonyl (C=O) groups is 5. The number of aliphatic hydroxyl groups excluding tert-OH is 1. The number of halogens is 1. The molecule has 1 aromatic carbocycles. The number of benzene rings is 1. The zero-order valence-electron chi connectivity index (χ0n) is 25.8. The number of aliphatic carboxylic acids is 1. The van der Waals surface area contributed by atoms with Crippen LogP contribution in [0.1, 0.15) is 25.1 Å². The Kier molecular flexibility index (Phi) is 11.6. The van der Waals surface area contributed by atoms with Crippen molar-refractivity contribution in [3.8, 4) is 11.5 Å². The molecular weight excluding hydrogens is 746 g/mol. The molecule has 0 unspecified atom stereocenters. The van der Waals surface area contributed by atoms with E-state index in [0.29, 0.717) is 0 Å². The smallest absolute Gasteiger partial charge is 0.350 e. The number of thiazole rings is 1. The molecule has 5 amide bonds. The van der Waals surface area contributed by atoms with Crippen molar-refractivity contribution in [2.45, 2.75) is 41.2 Å². The van der Waals surface area contributed by atoms with E-state index in [1.165, 1.54) is 30.2 Å². The number of aromatic nitrogens is 1. The number of primary amides is 1. The number of carboxylic acid groups (broad SMARTS) is 1. The van der Waals surface area contributed by atoms with Gasteiger partial charge in [-0.15, -0.1) is 34.9 Å². The van der Waals surface area contributed by atoms with Crippen molar-refractivity contribution in [1.82, 2.24) is 25.9 Å². The number of β-lactam (4-membered cyclic amide) rings is 1. The first-order valence-corrected chi connectivity index (χ1v) is 17.1. The van der Waals surface area contributed by atoms with Crippen LogP contribution in [0.25, 0.3) is 0 Å². The average Bonchev–Trinajstić information content (AvgIpc) is 3.64. The number of phenolic OH excluding ortho intramolecular Hbond substituents is 2. The zero-order valence-corrected chi connectivity index (χ0v) is 29.0. The van der Waals surface area contributed by atoms with E-state index >= 15 is 0 Å². The molecule has 0 aliphatic carbocycles. The molecule has 12 N–H and O–H groups in total. The Morgan fingerprint density at radius 1 is 1.24 bits per heavy atom. The number of thioether (sulfide) groups is 2. The fourth-order valence-electron chi connectivity index (χ4n) is 4.30. The lowest BCUT2D eigenvalue weighted by atomic mass is 10.1. The molecule has 0 radical (unpaired) electrons. The molecule has 0 spiro atoms. The summed E-state index contributed by atoms with van der Waals surface area (Å²) in [7, 11) is 0. The van der Waals surface area contributed by atoms with Gasteiger partial charge in [-0.1, -0.05) is 16.8 Å². The SMILES string of the molecule is CC(C)(O/N=C(\C(=O)N[C@@H]1C(=O)N2C[C@](SCCNC(=O)/C(=N\NC(N)=O)c3ccc(O)c(O)c3Cl)(C(O)O)S[C@H]12)c1csc(N)n1)C(=O)O. The Balaban J connectivity index is 1.43. The van der Waals surface area contributed by atoms with E-state index in [1.54, 1.807) is 0 Å². The fourth-order valence-corrected chi connectivity index (χ4v) is 8.21. The van der Waals surface area contributed by atoms with Crippen molar-refractivity contribution in [2.75, 3.05) is 24.6 Å². The normalized spacial score (nSPS) is 20.6. The molecule has 0 saturated carbocycles. The number of urea groups is 1. The molecule has 2 aliphatic rings. The Morgan fingerprint density at radius 3 is 2.54 bits per heavy atom. The molecule has 0 bridgehead atoms. The number of carboxylic acids is 1. The molecule has 4 rings (SSSR count). The maximum Gasteiger partial charge on any atom is 0.350 e. The standard InChI is InChI=1S/C26H30ClN9O11S3/c1-25(2,21(42)43)47-35-14(10-7-48-24(29)31-10)18(40)32-15-19(41)36-8-26(22(44)45,50-20(15)36)49-6-5-30-17(39)13(33-34-23(28)46)9-3-4-11(37)16(38)12(9)27/h3-4,7,15,20,22,37-38,44-45H,5-6,8H2,1-2H3,(H2,29,31)(H,30,39)(H,32,40)(H,42,43)(H3,28,34,46)/b33-13-,35-14-/t15-,20-,26-/m1/s1. The molecule has 20 nitrogen and oxygen atoms in total. The molecule has 1 aromatic heterocycles. The van der Waals surface area contributed by atoms with Gasteiger partial charge in [-0.3, -0.25) is 14.4 Å². The van der Waals surface area contributed by atoms with E-state index in [1.807, 2.05) is 5.43 Å². The van der Waals surface area contributed by atoms with Crippen LogP contribution in [0.2, 0.25) is 5.02 Å². The van der Waals surface area contributed by atoms with Crippen molar-refractivity contribution < 1.29 is 54.3 Å². The maximum atomic E-state index is 13.3. The third kappa shape index (κ3) is 8.08. The Morgan fingerprint density at radius 2 is 1.94 bits per heavy atom. The van der Waals surface area contributed by atoms with E-state index in [2.05, 4.69) is 25.9 Å². The number of carbonyl (C=O) groups excluding carboxylic acids is 4. The number of aliphatic hydroxyl groups is 2. The predicted molar refractivity (Wildman–Crippen MR) is 181 cm³/mol. The predicted octanol–water partition coefficient (Wildman–Crippen LogP) is -1.30. The van der Waals surface area contributed by atoms with Crippen LogP contribution in [0.15, 0.2) is 27.8 Å². The van der Waals surface area contributed by atoms with E-state index in [4.69, 9.17) is 27.9 Å². The summed E-state index contributed by atoms with van der Waals surface area (Å²) >= 11 is 9.02. The summed E-state index contributed by atoms with van der Waals surface area (Å²) in [6.07, 6.45) is -1.97. The monoisotopic (exact) mass is 775 g/mol. The third-order valence-corrected chi connectivity index (χ3v) is 11.4. The molecule has 24 heteroatoms. The second kappa shape index (κ2) is 15.1. The van der Waals surface area contributed by atoms with Gasteiger partial charge in [0.1, 0.15) is 21.2 Å². The Labute approximate surface area is 299 Å². The number of hydrazone groups is 1. The van der Waals surface area contributed by atoms with Gasteiger partial charge in [-0.05, 0) is 26.0 Å². The molecule has 2 fully saturated rings. The van der Waals surface area contributed by atoms with Crippen LogP contribution in [0.5, 0.6) is 11.5 Å². The highest BCUT2D eigenvalue weighted by atomic mass is 35.5. The fraction of sp³-hybridized carbons (Fsp3) is 0.385. The number of rotatable bonds is 14. The number of amides is 5. The van der Waals surface area contributed by atoms with Crippen LogP contribution in [-0.2, 0) is 24.0 Å². The van der Waals surface area contributed by atoms with Crippen LogP contribution < -0.4 is 27.5 Å². The zero-order chi connectivity index (χ0) is 37.1. The molecule has 2 aromatic rings. The molecule has 2 aliphatic heterocycles. The van der Waals surface area contributed by atoms with Crippen LogP contribution >= 0.6 is 46.5 Å². The highest BCUT2D eigenvalue weighted by Gasteiger charge is 2.62. The topological polar surface area (TPSA) is 325 Å². The number of aromatic hydroxyl groups is 2. The molecule has 3 atom stereocenters. The van der Waals surface area contributed by atoms with E-state index in [-0.39, 0.29) is 35.2 Å². The van der Waals surface area contributed by atoms with Crippen molar-refractivity contribution in [1.29, 1.82) is 0 Å². The summed E-state index contributed by atoms with van der Waals surface area (Å²) < 4.78 is -1.42. The van der Waals surface area contributed by atoms with Gasteiger partial charge in [0, 0.05) is 23.2 Å². The average molecular weight is 776 g/mol. The van der Waals surface area contributed by atoms with Crippen LogP contribution in [0.3, 0.4) is 0 Å². The summed E-state index contributed by atoms with van der Waals surface area (Å²) in [5.74, 6) is -5.00. The van der Waals surface area contributed by atoms with Crippen molar-refractivity contribution >= 4 is 92.7 Å². The largest absolute Gasteiger partial charge is 0.504 e. The summed E-state index contributed by atoms with van der Waals surface area (Å²) in [5, 5.41) is 62.4. The van der Waals surface area contributed by atoms with Gasteiger partial charge in [0.15, 0.2) is 34.3 Å². The number of anilines is 1. The van der Waals surface area contributed by atoms with Gasteiger partial charge < -0.3 is 57.4 Å². The van der Waals surface area contributed by atoms with Crippen molar-refractivity contribution in [2.24, 2.45) is 16.0 Å². The number of phenols is 2. The number of nitrogens with zero attached hydrogens (tertiary/aromatic N) is 4. The lowest BCUT2D eigenvalue weighted by Gasteiger charge is -2.41. The number of hydrogen-bond acceptors (Lipinski definition) is 17. The summed E-state index contributed by atoms with van der Waals surface area (Å²) in [4.78, 5) is 72.5. The number of fused-ring (bicyclic) bond motifs is 1. The van der Waals surface area contributed by atoms with Gasteiger partial charge in [0.25, 0.3) is 11.8 Å². The van der Waals surface area contributed by atoms with E-state index in [0.717, 1.165) is 40.9 Å². The summed E-state index contributed by atoms with van der Waals surface area (Å²) in [6, 6.07) is -0.0473. The second-order valence-corrected chi connectivity index (χ2v) is 15.3. The number of oxime groups is 1. The molecule has 2 saturated heterocycles. The van der Waals surface area contributed by atoms with Gasteiger partial charge >= 0.3 is 12.0 Å². The third-order valence-electron chi connectivity index (χ3n) is 6.97. The minimum Gasteiger partial charge on any atom is -0.504 e. The Hall–Kier alpha value is -4.55. The van der Waals surface area contributed by atoms with E-state index in [9.17, 15) is 49.5 Å². The number of hydrogen-bond donors (Lipinski definition) is 10. The Bertz CT molecular complexity index is 1770. The second-order valence-electron chi connectivity index (χ2n) is 10.9. The first kappa shape index (κ1) is 38.3. The minimum absolute atomic E-state index is 0.0327. The van der Waals surface area contributed by atoms with Crippen molar-refractivity contribution in [3.05, 3.63) is 33.8 Å². The molecular formula is C26H30ClN9O11S3. The maximum absolute atomic E-state index is 13.3. The number of nitrogens with one attached hydrogen (secondary N) is 3. The van der Waals surface area contributed by atoms with Gasteiger partial charge in [0.05, 0.1) is 11.6 Å². The van der Waals surface area contributed by atoms with Crippen molar-refractivity contribution in [3.63, 3.8) is 0 Å².